The second-order valence-corrected chi connectivity index (χ2v) is 6.03. The van der Waals surface area contributed by atoms with Gasteiger partial charge in [-0.1, -0.05) is 17.7 Å². The number of carbonyl (C=O) groups is 2. The van der Waals surface area contributed by atoms with Crippen LogP contribution in [-0.4, -0.2) is 18.9 Å². The summed E-state index contributed by atoms with van der Waals surface area (Å²) in [5, 5.41) is 5.43. The fourth-order valence-corrected chi connectivity index (χ4v) is 2.62. The van der Waals surface area contributed by atoms with Gasteiger partial charge in [0, 0.05) is 9.50 Å². The Hall–Kier alpha value is -2.05. The predicted molar refractivity (Wildman–Crippen MR) is 94.1 cm³/mol. The third-order valence-electron chi connectivity index (χ3n) is 2.99. The molecule has 0 aliphatic heterocycles. The highest BCUT2D eigenvalue weighted by Gasteiger charge is 2.17. The Labute approximate surface area is 147 Å². The molecular formula is C16H14BrClN2O3. The Kier molecular flexibility index (Phi) is 5.63. The topological polar surface area (TPSA) is 67.4 Å². The number of benzene rings is 2. The number of nitrogens with one attached hydrogen (secondary N) is 2. The number of anilines is 2. The molecule has 0 saturated carbocycles. The van der Waals surface area contributed by atoms with Gasteiger partial charge in [0.2, 0.25) is 0 Å². The molecule has 2 amide bonds. The van der Waals surface area contributed by atoms with E-state index >= 15 is 0 Å². The van der Waals surface area contributed by atoms with Crippen LogP contribution in [0, 0.1) is 6.92 Å². The van der Waals surface area contributed by atoms with E-state index < -0.39 is 11.8 Å². The highest BCUT2D eigenvalue weighted by molar-refractivity contribution is 9.10. The van der Waals surface area contributed by atoms with Gasteiger partial charge in [-0.05, 0) is 58.7 Å². The van der Waals surface area contributed by atoms with Gasteiger partial charge in [-0.3, -0.25) is 9.59 Å². The third-order valence-corrected chi connectivity index (χ3v) is 3.88. The van der Waals surface area contributed by atoms with Crippen molar-refractivity contribution in [2.24, 2.45) is 0 Å². The molecule has 2 aromatic rings. The number of aryl methyl sites for hydroxylation is 1. The van der Waals surface area contributed by atoms with Crippen molar-refractivity contribution in [1.82, 2.24) is 0 Å². The molecule has 0 aromatic heterocycles. The minimum absolute atomic E-state index is 0.322. The molecule has 0 saturated heterocycles. The van der Waals surface area contributed by atoms with Crippen LogP contribution in [0.15, 0.2) is 40.9 Å². The lowest BCUT2D eigenvalue weighted by Gasteiger charge is -2.11. The van der Waals surface area contributed by atoms with E-state index in [2.05, 4.69) is 26.6 Å². The largest absolute Gasteiger partial charge is 0.495 e. The SMILES string of the molecule is COc1ccc(Cl)cc1NC(=O)C(=O)Nc1ccc(C)cc1Br. The van der Waals surface area contributed by atoms with E-state index in [4.69, 9.17) is 16.3 Å². The van der Waals surface area contributed by atoms with E-state index in [0.29, 0.717) is 26.6 Å². The fourth-order valence-electron chi connectivity index (χ4n) is 1.86. The minimum Gasteiger partial charge on any atom is -0.495 e. The molecule has 0 bridgehead atoms. The predicted octanol–water partition coefficient (Wildman–Crippen LogP) is 4.00. The number of hydrogen-bond donors (Lipinski definition) is 2. The van der Waals surface area contributed by atoms with Crippen LogP contribution in [0.3, 0.4) is 0 Å². The molecule has 0 unspecified atom stereocenters. The van der Waals surface area contributed by atoms with Gasteiger partial charge in [-0.25, -0.2) is 0 Å². The molecule has 120 valence electrons. The van der Waals surface area contributed by atoms with Crippen LogP contribution < -0.4 is 15.4 Å². The van der Waals surface area contributed by atoms with Crippen LogP contribution in [0.1, 0.15) is 5.56 Å². The van der Waals surface area contributed by atoms with Crippen LogP contribution in [0.2, 0.25) is 5.02 Å². The van der Waals surface area contributed by atoms with Crippen molar-refractivity contribution in [1.29, 1.82) is 0 Å². The first-order chi connectivity index (χ1) is 10.9. The van der Waals surface area contributed by atoms with Crippen molar-refractivity contribution in [3.8, 4) is 5.75 Å². The highest BCUT2D eigenvalue weighted by Crippen LogP contribution is 2.28. The number of halogens is 2. The number of carbonyl (C=O) groups excluding carboxylic acids is 2. The fraction of sp³-hybridized carbons (Fsp3) is 0.125. The van der Waals surface area contributed by atoms with Gasteiger partial charge in [0.05, 0.1) is 18.5 Å². The minimum atomic E-state index is -0.821. The third kappa shape index (κ3) is 4.46. The van der Waals surface area contributed by atoms with E-state index in [-0.39, 0.29) is 0 Å². The lowest BCUT2D eigenvalue weighted by Crippen LogP contribution is -2.29. The Bertz CT molecular complexity index is 765. The second-order valence-electron chi connectivity index (χ2n) is 4.74. The standard InChI is InChI=1S/C16H14BrClN2O3/c1-9-3-5-12(11(17)7-9)19-15(21)16(22)20-13-8-10(18)4-6-14(13)23-2/h3-8H,1-2H3,(H,19,21)(H,20,22). The van der Waals surface area contributed by atoms with Crippen LogP contribution in [0.5, 0.6) is 5.75 Å². The zero-order valence-corrected chi connectivity index (χ0v) is 14.8. The number of methoxy groups -OCH3 is 1. The molecule has 0 heterocycles. The van der Waals surface area contributed by atoms with Gasteiger partial charge in [0.1, 0.15) is 5.75 Å². The summed E-state index contributed by atoms with van der Waals surface area (Å²) >= 11 is 9.23. The Morgan fingerprint density at radius 2 is 1.70 bits per heavy atom. The smallest absolute Gasteiger partial charge is 0.314 e. The molecule has 0 radical (unpaired) electrons. The number of rotatable bonds is 3. The molecule has 2 rings (SSSR count). The van der Waals surface area contributed by atoms with E-state index in [1.54, 1.807) is 18.2 Å². The van der Waals surface area contributed by atoms with Crippen LogP contribution in [0.25, 0.3) is 0 Å². The van der Waals surface area contributed by atoms with Crippen LogP contribution in [-0.2, 0) is 9.59 Å². The normalized spacial score (nSPS) is 10.1. The molecule has 0 aliphatic carbocycles. The summed E-state index contributed by atoms with van der Waals surface area (Å²) in [6.07, 6.45) is 0. The van der Waals surface area contributed by atoms with Gasteiger partial charge < -0.3 is 15.4 Å². The Morgan fingerprint density at radius 3 is 2.30 bits per heavy atom. The van der Waals surface area contributed by atoms with Crippen LogP contribution in [0.4, 0.5) is 11.4 Å². The molecule has 0 atom stereocenters. The second kappa shape index (κ2) is 7.48. The quantitative estimate of drug-likeness (QED) is 0.769. The zero-order chi connectivity index (χ0) is 17.0. The highest BCUT2D eigenvalue weighted by atomic mass is 79.9. The van der Waals surface area contributed by atoms with Crippen molar-refractivity contribution < 1.29 is 14.3 Å². The van der Waals surface area contributed by atoms with E-state index in [1.807, 2.05) is 19.1 Å². The number of hydrogen-bond acceptors (Lipinski definition) is 3. The molecule has 0 spiro atoms. The summed E-state index contributed by atoms with van der Waals surface area (Å²) in [4.78, 5) is 24.1. The van der Waals surface area contributed by atoms with Crippen molar-refractivity contribution in [3.63, 3.8) is 0 Å². The number of ether oxygens (including phenoxy) is 1. The molecule has 2 N–H and O–H groups in total. The summed E-state index contributed by atoms with van der Waals surface area (Å²) in [6, 6.07) is 10.1. The first-order valence-electron chi connectivity index (χ1n) is 6.62. The average Bonchev–Trinajstić information content (AvgIpc) is 2.50. The van der Waals surface area contributed by atoms with Gasteiger partial charge in [-0.2, -0.15) is 0 Å². The van der Waals surface area contributed by atoms with Crippen molar-refractivity contribution in [3.05, 3.63) is 51.5 Å². The summed E-state index contributed by atoms with van der Waals surface area (Å²) < 4.78 is 5.81. The maximum absolute atomic E-state index is 12.0. The summed E-state index contributed by atoms with van der Waals surface area (Å²) in [6.45, 7) is 1.93. The van der Waals surface area contributed by atoms with Gasteiger partial charge in [0.25, 0.3) is 0 Å². The maximum atomic E-state index is 12.0. The first kappa shape index (κ1) is 17.3. The van der Waals surface area contributed by atoms with E-state index in [1.165, 1.54) is 13.2 Å². The Balaban J connectivity index is 2.11. The molecule has 7 heteroatoms. The van der Waals surface area contributed by atoms with Gasteiger partial charge >= 0.3 is 11.8 Å². The zero-order valence-electron chi connectivity index (χ0n) is 12.4. The molecular weight excluding hydrogens is 384 g/mol. The molecule has 0 aliphatic rings. The maximum Gasteiger partial charge on any atom is 0.314 e. The van der Waals surface area contributed by atoms with Crippen LogP contribution >= 0.6 is 27.5 Å². The van der Waals surface area contributed by atoms with E-state index in [9.17, 15) is 9.59 Å². The summed E-state index contributed by atoms with van der Waals surface area (Å²) in [5.74, 6) is -1.21. The lowest BCUT2D eigenvalue weighted by atomic mass is 10.2. The Morgan fingerprint density at radius 1 is 1.04 bits per heavy atom. The van der Waals surface area contributed by atoms with Crippen molar-refractivity contribution >= 4 is 50.7 Å². The lowest BCUT2D eigenvalue weighted by molar-refractivity contribution is -0.133. The van der Waals surface area contributed by atoms with Crippen molar-refractivity contribution in [2.45, 2.75) is 6.92 Å². The van der Waals surface area contributed by atoms with E-state index in [0.717, 1.165) is 5.56 Å². The first-order valence-corrected chi connectivity index (χ1v) is 7.80. The molecule has 0 fully saturated rings. The average molecular weight is 398 g/mol. The molecule has 5 nitrogen and oxygen atoms in total. The van der Waals surface area contributed by atoms with Gasteiger partial charge in [0.15, 0.2) is 0 Å². The van der Waals surface area contributed by atoms with Crippen molar-refractivity contribution in [2.75, 3.05) is 17.7 Å². The monoisotopic (exact) mass is 396 g/mol. The summed E-state index contributed by atoms with van der Waals surface area (Å²) in [5.41, 5.74) is 1.86. The summed E-state index contributed by atoms with van der Waals surface area (Å²) in [7, 11) is 1.46. The number of amides is 2. The molecule has 23 heavy (non-hydrogen) atoms. The molecule has 2 aromatic carbocycles. The van der Waals surface area contributed by atoms with Gasteiger partial charge in [-0.15, -0.1) is 0 Å².